The van der Waals surface area contributed by atoms with Crippen LogP contribution in [0, 0.1) is 20.8 Å². The topological polar surface area (TPSA) is 29.9 Å². The fourth-order valence-corrected chi connectivity index (χ4v) is 3.04. The Morgan fingerprint density at radius 2 is 2.10 bits per heavy atom. The molecular weight excluding hydrogens is 246 g/mol. The largest absolute Gasteiger partial charge is 0.312 e. The molecule has 3 heteroatoms. The van der Waals surface area contributed by atoms with Crippen LogP contribution in [0.1, 0.15) is 29.7 Å². The molecule has 0 aliphatic carbocycles. The quantitative estimate of drug-likeness (QED) is 0.927. The first kappa shape index (κ1) is 13.4. The lowest BCUT2D eigenvalue weighted by Gasteiger charge is -2.09. The highest BCUT2D eigenvalue weighted by molar-refractivity contribution is 5.69. The molecule has 1 fully saturated rings. The van der Waals surface area contributed by atoms with Crippen LogP contribution in [0.4, 0.5) is 0 Å². The summed E-state index contributed by atoms with van der Waals surface area (Å²) < 4.78 is 2.11. The van der Waals surface area contributed by atoms with Crippen LogP contribution >= 0.6 is 0 Å². The maximum atomic E-state index is 4.70. The molecule has 1 unspecified atom stereocenters. The van der Waals surface area contributed by atoms with Crippen LogP contribution in [-0.4, -0.2) is 22.4 Å². The molecular formula is C17H23N3. The van der Waals surface area contributed by atoms with Crippen molar-refractivity contribution in [3.05, 3.63) is 41.2 Å². The summed E-state index contributed by atoms with van der Waals surface area (Å²) >= 11 is 0. The van der Waals surface area contributed by atoms with Gasteiger partial charge < -0.3 is 5.32 Å². The second-order valence-electron chi connectivity index (χ2n) is 5.96. The Balaban J connectivity index is 1.90. The van der Waals surface area contributed by atoms with E-state index in [4.69, 9.17) is 5.10 Å². The lowest BCUT2D eigenvalue weighted by molar-refractivity contribution is 0.474. The summed E-state index contributed by atoms with van der Waals surface area (Å²) in [7, 11) is 0. The Hall–Kier alpha value is -1.61. The molecule has 0 amide bonds. The van der Waals surface area contributed by atoms with Gasteiger partial charge in [0.15, 0.2) is 0 Å². The number of nitrogens with zero attached hydrogens (tertiary/aromatic N) is 2. The zero-order chi connectivity index (χ0) is 14.1. The Labute approximate surface area is 121 Å². The van der Waals surface area contributed by atoms with Crippen LogP contribution in [0.5, 0.6) is 0 Å². The third-order valence-corrected chi connectivity index (χ3v) is 4.20. The molecule has 1 aromatic carbocycles. The monoisotopic (exact) mass is 269 g/mol. The highest BCUT2D eigenvalue weighted by Crippen LogP contribution is 2.27. The smallest absolute Gasteiger partial charge is 0.0672 e. The fourth-order valence-electron chi connectivity index (χ4n) is 3.04. The summed E-state index contributed by atoms with van der Waals surface area (Å²) in [5, 5.41) is 8.23. The van der Waals surface area contributed by atoms with Crippen LogP contribution in [0.3, 0.4) is 0 Å². The normalized spacial score (nSPS) is 18.6. The van der Waals surface area contributed by atoms with Gasteiger partial charge >= 0.3 is 0 Å². The number of hydrogen-bond donors (Lipinski definition) is 1. The van der Waals surface area contributed by atoms with E-state index in [1.807, 2.05) is 0 Å². The summed E-state index contributed by atoms with van der Waals surface area (Å²) in [5.74, 6) is 0. The van der Waals surface area contributed by atoms with Crippen LogP contribution < -0.4 is 5.32 Å². The molecule has 106 valence electrons. The average molecular weight is 269 g/mol. The van der Waals surface area contributed by atoms with E-state index in [2.05, 4.69) is 55.2 Å². The zero-order valence-electron chi connectivity index (χ0n) is 12.6. The van der Waals surface area contributed by atoms with Gasteiger partial charge in [-0.15, -0.1) is 0 Å². The average Bonchev–Trinajstić information content (AvgIpc) is 3.03. The molecule has 1 N–H and O–H groups in total. The maximum absolute atomic E-state index is 4.70. The number of hydrogen-bond acceptors (Lipinski definition) is 2. The van der Waals surface area contributed by atoms with E-state index in [9.17, 15) is 0 Å². The minimum absolute atomic E-state index is 0.584. The van der Waals surface area contributed by atoms with Crippen LogP contribution in [0.2, 0.25) is 0 Å². The standard InChI is InChI=1S/C17H23N3/c1-12-6-7-13(2)16(9-12)17-11-20(19-14(17)3)10-15-5-4-8-18-15/h6-7,9,11,15,18H,4-5,8,10H2,1-3H3. The van der Waals surface area contributed by atoms with Crippen molar-refractivity contribution in [2.75, 3.05) is 6.54 Å². The van der Waals surface area contributed by atoms with Gasteiger partial charge in [0.2, 0.25) is 0 Å². The number of aromatic nitrogens is 2. The number of aryl methyl sites for hydroxylation is 3. The molecule has 0 saturated carbocycles. The van der Waals surface area contributed by atoms with Gasteiger partial charge in [0.25, 0.3) is 0 Å². The molecule has 0 bridgehead atoms. The third kappa shape index (κ3) is 2.63. The summed E-state index contributed by atoms with van der Waals surface area (Å²) in [4.78, 5) is 0. The molecule has 1 aromatic heterocycles. The second-order valence-corrected chi connectivity index (χ2v) is 5.96. The molecule has 2 heterocycles. The van der Waals surface area contributed by atoms with E-state index in [1.54, 1.807) is 0 Å². The molecule has 20 heavy (non-hydrogen) atoms. The van der Waals surface area contributed by atoms with Crippen molar-refractivity contribution in [1.82, 2.24) is 15.1 Å². The second kappa shape index (κ2) is 5.41. The molecule has 1 aliphatic rings. The first-order valence-electron chi connectivity index (χ1n) is 7.48. The first-order valence-corrected chi connectivity index (χ1v) is 7.48. The Morgan fingerprint density at radius 3 is 2.85 bits per heavy atom. The predicted molar refractivity (Wildman–Crippen MR) is 82.9 cm³/mol. The highest BCUT2D eigenvalue weighted by Gasteiger charge is 2.16. The van der Waals surface area contributed by atoms with Crippen molar-refractivity contribution in [3.63, 3.8) is 0 Å². The van der Waals surface area contributed by atoms with Gasteiger partial charge in [0.05, 0.1) is 12.2 Å². The van der Waals surface area contributed by atoms with Gasteiger partial charge in [-0.25, -0.2) is 0 Å². The van der Waals surface area contributed by atoms with Gasteiger partial charge in [-0.05, 0) is 51.3 Å². The molecule has 1 aliphatic heterocycles. The highest BCUT2D eigenvalue weighted by atomic mass is 15.3. The summed E-state index contributed by atoms with van der Waals surface area (Å²) in [6, 6.07) is 7.21. The van der Waals surface area contributed by atoms with Crippen LogP contribution in [0.25, 0.3) is 11.1 Å². The minimum atomic E-state index is 0.584. The van der Waals surface area contributed by atoms with Crippen molar-refractivity contribution < 1.29 is 0 Å². The van der Waals surface area contributed by atoms with E-state index in [0.29, 0.717) is 6.04 Å². The maximum Gasteiger partial charge on any atom is 0.0672 e. The van der Waals surface area contributed by atoms with Gasteiger partial charge in [-0.2, -0.15) is 5.10 Å². The third-order valence-electron chi connectivity index (χ3n) is 4.20. The molecule has 0 radical (unpaired) electrons. The molecule has 1 atom stereocenters. The summed E-state index contributed by atoms with van der Waals surface area (Å²) in [5.41, 5.74) is 6.32. The number of rotatable bonds is 3. The Bertz CT molecular complexity index is 607. The van der Waals surface area contributed by atoms with E-state index in [-0.39, 0.29) is 0 Å². The van der Waals surface area contributed by atoms with E-state index >= 15 is 0 Å². The van der Waals surface area contributed by atoms with Crippen molar-refractivity contribution >= 4 is 0 Å². The van der Waals surface area contributed by atoms with Crippen molar-refractivity contribution in [3.8, 4) is 11.1 Å². The molecule has 1 saturated heterocycles. The summed E-state index contributed by atoms with van der Waals surface area (Å²) in [6.45, 7) is 8.55. The Morgan fingerprint density at radius 1 is 1.25 bits per heavy atom. The molecule has 3 nitrogen and oxygen atoms in total. The van der Waals surface area contributed by atoms with E-state index in [0.717, 1.165) is 18.8 Å². The van der Waals surface area contributed by atoms with E-state index < -0.39 is 0 Å². The van der Waals surface area contributed by atoms with Crippen molar-refractivity contribution in [2.45, 2.75) is 46.2 Å². The van der Waals surface area contributed by atoms with Gasteiger partial charge in [0.1, 0.15) is 0 Å². The van der Waals surface area contributed by atoms with Crippen LogP contribution in [-0.2, 0) is 6.54 Å². The van der Waals surface area contributed by atoms with Gasteiger partial charge in [-0.3, -0.25) is 4.68 Å². The van der Waals surface area contributed by atoms with Gasteiger partial charge in [0, 0.05) is 17.8 Å². The lowest BCUT2D eigenvalue weighted by Crippen LogP contribution is -2.26. The summed E-state index contributed by atoms with van der Waals surface area (Å²) in [6.07, 6.45) is 4.75. The minimum Gasteiger partial charge on any atom is -0.312 e. The zero-order valence-corrected chi connectivity index (χ0v) is 12.6. The van der Waals surface area contributed by atoms with Crippen LogP contribution in [0.15, 0.2) is 24.4 Å². The Kier molecular flexibility index (Phi) is 3.62. The van der Waals surface area contributed by atoms with Crippen molar-refractivity contribution in [1.29, 1.82) is 0 Å². The molecule has 3 rings (SSSR count). The first-order chi connectivity index (χ1) is 9.63. The lowest BCUT2D eigenvalue weighted by atomic mass is 9.99. The molecule has 2 aromatic rings. The van der Waals surface area contributed by atoms with Crippen molar-refractivity contribution in [2.24, 2.45) is 0 Å². The van der Waals surface area contributed by atoms with E-state index in [1.165, 1.54) is 35.1 Å². The predicted octanol–water partition coefficient (Wildman–Crippen LogP) is 3.23. The number of nitrogens with one attached hydrogen (secondary N) is 1. The number of benzene rings is 1. The van der Waals surface area contributed by atoms with Gasteiger partial charge in [-0.1, -0.05) is 23.8 Å². The fraction of sp³-hybridized carbons (Fsp3) is 0.471. The molecule has 0 spiro atoms. The SMILES string of the molecule is Cc1ccc(C)c(-c2cn(CC3CCCN3)nc2C)c1.